The van der Waals surface area contributed by atoms with E-state index < -0.39 is 10.0 Å². The lowest BCUT2D eigenvalue weighted by Gasteiger charge is -2.20. The molecule has 0 bridgehead atoms. The van der Waals surface area contributed by atoms with Crippen LogP contribution < -0.4 is 9.47 Å². The van der Waals surface area contributed by atoms with E-state index in [0.717, 1.165) is 16.7 Å². The van der Waals surface area contributed by atoms with Crippen LogP contribution in [0, 0.1) is 5.82 Å². The number of fused-ring (bicyclic) bond motifs is 1. The average Bonchev–Trinajstić information content (AvgIpc) is 3.03. The van der Waals surface area contributed by atoms with Gasteiger partial charge in [0, 0.05) is 18.7 Å². The summed E-state index contributed by atoms with van der Waals surface area (Å²) in [6.07, 6.45) is 0. The Hall–Kier alpha value is -2.65. The van der Waals surface area contributed by atoms with E-state index in [0.29, 0.717) is 24.7 Å². The van der Waals surface area contributed by atoms with Crippen molar-refractivity contribution in [2.75, 3.05) is 20.3 Å². The third kappa shape index (κ3) is 5.47. The van der Waals surface area contributed by atoms with Crippen LogP contribution in [-0.4, -0.2) is 33.0 Å². The Morgan fingerprint density at radius 1 is 1.03 bits per heavy atom. The van der Waals surface area contributed by atoms with Crippen molar-refractivity contribution in [1.29, 1.82) is 0 Å². The summed E-state index contributed by atoms with van der Waals surface area (Å²) in [5.41, 5.74) is 2.50. The molecule has 0 saturated carbocycles. The van der Waals surface area contributed by atoms with E-state index >= 15 is 0 Å². The minimum absolute atomic E-state index is 0.0931. The van der Waals surface area contributed by atoms with Gasteiger partial charge < -0.3 is 14.2 Å². The highest BCUT2D eigenvalue weighted by Crippen LogP contribution is 2.31. The maximum atomic E-state index is 13.3. The molecule has 1 aliphatic rings. The number of hydrogen-bond acceptors (Lipinski definition) is 5. The third-order valence-electron chi connectivity index (χ3n) is 5.28. The molecule has 6 nitrogen and oxygen atoms in total. The Kier molecular flexibility index (Phi) is 7.19. The number of sulfonamides is 1. The fraction of sp³-hybridized carbons (Fsp3) is 0.250. The van der Waals surface area contributed by atoms with Gasteiger partial charge in [-0.1, -0.05) is 29.8 Å². The van der Waals surface area contributed by atoms with Crippen molar-refractivity contribution < 1.29 is 27.0 Å². The molecule has 0 saturated heterocycles. The molecule has 1 heterocycles. The van der Waals surface area contributed by atoms with Crippen LogP contribution >= 0.6 is 11.6 Å². The van der Waals surface area contributed by atoms with E-state index in [1.165, 1.54) is 41.7 Å². The largest absolute Gasteiger partial charge is 0.495 e. The van der Waals surface area contributed by atoms with Gasteiger partial charge in [-0.25, -0.2) is 12.8 Å². The van der Waals surface area contributed by atoms with Crippen LogP contribution in [0.1, 0.15) is 16.7 Å². The average molecular weight is 492 g/mol. The lowest BCUT2D eigenvalue weighted by Crippen LogP contribution is -2.32. The zero-order valence-electron chi connectivity index (χ0n) is 18.0. The summed E-state index contributed by atoms with van der Waals surface area (Å²) in [5.74, 6) is 0.758. The van der Waals surface area contributed by atoms with Crippen molar-refractivity contribution in [2.24, 2.45) is 0 Å². The normalized spacial score (nSPS) is 14.3. The SMILES string of the molecule is COc1ccc(S(=O)(=O)N2CCOc3ccc(COCc4ccc(F)cc4)cc3C2)cc1Cl. The minimum Gasteiger partial charge on any atom is -0.495 e. The van der Waals surface area contributed by atoms with Gasteiger partial charge in [-0.05, 0) is 53.6 Å². The van der Waals surface area contributed by atoms with Crippen LogP contribution in [0.3, 0.4) is 0 Å². The van der Waals surface area contributed by atoms with Gasteiger partial charge >= 0.3 is 0 Å². The molecule has 0 atom stereocenters. The van der Waals surface area contributed by atoms with Crippen molar-refractivity contribution >= 4 is 21.6 Å². The number of halogens is 2. The zero-order valence-corrected chi connectivity index (χ0v) is 19.5. The predicted molar refractivity (Wildman–Crippen MR) is 122 cm³/mol. The van der Waals surface area contributed by atoms with Crippen molar-refractivity contribution in [3.63, 3.8) is 0 Å². The fourth-order valence-corrected chi connectivity index (χ4v) is 5.29. The standard InChI is InChI=1S/C24H23ClFNO5S/c1-30-24-9-7-21(13-22(24)25)33(28,29)27-10-11-32-23-8-4-18(12-19(23)14-27)16-31-15-17-2-5-20(26)6-3-17/h2-9,12-13H,10-11,14-16H2,1H3. The van der Waals surface area contributed by atoms with E-state index in [-0.39, 0.29) is 35.4 Å². The Labute approximate surface area is 197 Å². The molecule has 0 amide bonds. The van der Waals surface area contributed by atoms with Crippen molar-refractivity contribution in [3.05, 3.63) is 88.2 Å². The summed E-state index contributed by atoms with van der Waals surface area (Å²) in [7, 11) is -2.32. The molecule has 0 aliphatic carbocycles. The summed E-state index contributed by atoms with van der Waals surface area (Å²) in [6.45, 7) is 1.26. The second kappa shape index (κ2) is 10.1. The highest BCUT2D eigenvalue weighted by Gasteiger charge is 2.28. The van der Waals surface area contributed by atoms with Crippen LogP contribution in [-0.2, 0) is 34.5 Å². The molecule has 0 radical (unpaired) electrons. The summed E-state index contributed by atoms with van der Waals surface area (Å²) in [5, 5.41) is 0.227. The second-order valence-electron chi connectivity index (χ2n) is 7.54. The Balaban J connectivity index is 1.49. The van der Waals surface area contributed by atoms with Crippen molar-refractivity contribution in [3.8, 4) is 11.5 Å². The maximum Gasteiger partial charge on any atom is 0.243 e. The maximum absolute atomic E-state index is 13.3. The predicted octanol–water partition coefficient (Wildman–Crippen LogP) is 4.79. The van der Waals surface area contributed by atoms with Crippen LogP contribution in [0.5, 0.6) is 11.5 Å². The molecule has 4 rings (SSSR count). The van der Waals surface area contributed by atoms with Crippen LogP contribution in [0.2, 0.25) is 5.02 Å². The van der Waals surface area contributed by atoms with Crippen LogP contribution in [0.15, 0.2) is 65.6 Å². The van der Waals surface area contributed by atoms with Crippen LogP contribution in [0.4, 0.5) is 4.39 Å². The van der Waals surface area contributed by atoms with E-state index in [1.54, 1.807) is 12.1 Å². The van der Waals surface area contributed by atoms with E-state index in [4.69, 9.17) is 25.8 Å². The molecular formula is C24H23ClFNO5S. The van der Waals surface area contributed by atoms with Gasteiger partial charge in [-0.15, -0.1) is 0 Å². The zero-order chi connectivity index (χ0) is 23.4. The first-order valence-corrected chi connectivity index (χ1v) is 12.1. The van der Waals surface area contributed by atoms with E-state index in [9.17, 15) is 12.8 Å². The number of ether oxygens (including phenoxy) is 3. The number of nitrogens with zero attached hydrogens (tertiary/aromatic N) is 1. The molecule has 0 aromatic heterocycles. The van der Waals surface area contributed by atoms with Crippen molar-refractivity contribution in [2.45, 2.75) is 24.7 Å². The van der Waals surface area contributed by atoms with Crippen LogP contribution in [0.25, 0.3) is 0 Å². The summed E-state index contributed by atoms with van der Waals surface area (Å²) < 4.78 is 57.6. The van der Waals surface area contributed by atoms with Gasteiger partial charge in [0.05, 0.1) is 30.2 Å². The van der Waals surface area contributed by atoms with Crippen molar-refractivity contribution in [1.82, 2.24) is 4.31 Å². The molecule has 174 valence electrons. The Bertz CT molecular complexity index is 1230. The molecule has 0 fully saturated rings. The highest BCUT2D eigenvalue weighted by molar-refractivity contribution is 7.89. The van der Waals surface area contributed by atoms with E-state index in [2.05, 4.69) is 0 Å². The lowest BCUT2D eigenvalue weighted by atomic mass is 10.1. The van der Waals surface area contributed by atoms with Gasteiger partial charge in [-0.3, -0.25) is 0 Å². The lowest BCUT2D eigenvalue weighted by molar-refractivity contribution is 0.107. The van der Waals surface area contributed by atoms with E-state index in [1.807, 2.05) is 18.2 Å². The second-order valence-corrected chi connectivity index (χ2v) is 9.89. The molecule has 1 aliphatic heterocycles. The Morgan fingerprint density at radius 2 is 1.76 bits per heavy atom. The van der Waals surface area contributed by atoms with Gasteiger partial charge in [0.2, 0.25) is 10.0 Å². The monoisotopic (exact) mass is 491 g/mol. The molecule has 9 heteroatoms. The first kappa shape index (κ1) is 23.5. The fourth-order valence-electron chi connectivity index (χ4n) is 3.54. The summed E-state index contributed by atoms with van der Waals surface area (Å²) in [6, 6.07) is 16.1. The van der Waals surface area contributed by atoms with Gasteiger partial charge in [0.25, 0.3) is 0 Å². The summed E-state index contributed by atoms with van der Waals surface area (Å²) in [4.78, 5) is 0.0931. The summed E-state index contributed by atoms with van der Waals surface area (Å²) >= 11 is 6.14. The number of hydrogen-bond donors (Lipinski definition) is 0. The first-order chi connectivity index (χ1) is 15.9. The minimum atomic E-state index is -3.79. The highest BCUT2D eigenvalue weighted by atomic mass is 35.5. The smallest absolute Gasteiger partial charge is 0.243 e. The number of rotatable bonds is 7. The topological polar surface area (TPSA) is 65.1 Å². The third-order valence-corrected chi connectivity index (χ3v) is 7.42. The molecule has 0 N–H and O–H groups in total. The molecule has 0 unspecified atom stereocenters. The van der Waals surface area contributed by atoms with Gasteiger partial charge in [0.1, 0.15) is 23.9 Å². The molecular weight excluding hydrogens is 469 g/mol. The first-order valence-electron chi connectivity index (χ1n) is 10.3. The quantitative estimate of drug-likeness (QED) is 0.475. The number of methoxy groups -OCH3 is 1. The molecule has 33 heavy (non-hydrogen) atoms. The molecule has 3 aromatic carbocycles. The van der Waals surface area contributed by atoms with Gasteiger partial charge in [0.15, 0.2) is 0 Å². The Morgan fingerprint density at radius 3 is 2.48 bits per heavy atom. The van der Waals surface area contributed by atoms with Gasteiger partial charge in [-0.2, -0.15) is 4.31 Å². The number of benzene rings is 3. The molecule has 3 aromatic rings. The molecule has 0 spiro atoms.